The molecule has 4 rings (SSSR count). The number of hydrogen-bond acceptors (Lipinski definition) is 2. The van der Waals surface area contributed by atoms with Gasteiger partial charge in [-0.15, -0.1) is 0 Å². The molecule has 4 aromatic rings. The average molecular weight is 328 g/mol. The third kappa shape index (κ3) is 2.90. The van der Waals surface area contributed by atoms with Crippen molar-refractivity contribution in [3.63, 3.8) is 0 Å². The quantitative estimate of drug-likeness (QED) is 0.406. The summed E-state index contributed by atoms with van der Waals surface area (Å²) >= 11 is 0. The third-order valence-electron chi connectivity index (χ3n) is 4.36. The van der Waals surface area contributed by atoms with Gasteiger partial charge in [0.15, 0.2) is 0 Å². The Hall–Kier alpha value is -3.40. The number of benzene rings is 3. The van der Waals surface area contributed by atoms with E-state index in [2.05, 4.69) is 17.1 Å². The molecular weight excluding hydrogens is 312 g/mol. The summed E-state index contributed by atoms with van der Waals surface area (Å²) in [5.41, 5.74) is 5.36. The third-order valence-corrected chi connectivity index (χ3v) is 4.36. The Bertz CT molecular complexity index is 1040. The predicted octanol–water partition coefficient (Wildman–Crippen LogP) is 5.33. The smallest absolute Gasteiger partial charge is 0.270 e. The molecule has 0 fully saturated rings. The number of non-ortho nitro benzene ring substituents is 1. The number of nitro groups is 1. The highest BCUT2D eigenvalue weighted by molar-refractivity contribution is 5.98. The highest BCUT2D eigenvalue weighted by Gasteiger charge is 2.16. The molecule has 1 heterocycles. The molecule has 4 heteroatoms. The van der Waals surface area contributed by atoms with Crippen LogP contribution in [0.1, 0.15) is 11.3 Å². The second-order valence-corrected chi connectivity index (χ2v) is 5.99. The maximum atomic E-state index is 11.2. The monoisotopic (exact) mass is 328 g/mol. The Kier molecular flexibility index (Phi) is 3.78. The van der Waals surface area contributed by atoms with E-state index in [-0.39, 0.29) is 10.6 Å². The van der Waals surface area contributed by atoms with Crippen molar-refractivity contribution in [3.05, 3.63) is 100 Å². The summed E-state index contributed by atoms with van der Waals surface area (Å²) in [4.78, 5) is 14.3. The van der Waals surface area contributed by atoms with Crippen molar-refractivity contribution < 1.29 is 4.92 Å². The molecule has 3 aromatic carbocycles. The lowest BCUT2D eigenvalue weighted by molar-refractivity contribution is -0.384. The van der Waals surface area contributed by atoms with Crippen LogP contribution in [0.3, 0.4) is 0 Å². The highest BCUT2D eigenvalue weighted by Crippen LogP contribution is 2.35. The number of fused-ring (bicyclic) bond motifs is 1. The van der Waals surface area contributed by atoms with Crippen molar-refractivity contribution in [1.29, 1.82) is 0 Å². The fourth-order valence-electron chi connectivity index (χ4n) is 3.22. The average Bonchev–Trinajstić information content (AvgIpc) is 3.00. The first kappa shape index (κ1) is 15.1. The van der Waals surface area contributed by atoms with Gasteiger partial charge in [0.25, 0.3) is 5.69 Å². The van der Waals surface area contributed by atoms with Gasteiger partial charge in [0.1, 0.15) is 0 Å². The van der Waals surface area contributed by atoms with E-state index >= 15 is 0 Å². The van der Waals surface area contributed by atoms with Crippen molar-refractivity contribution in [1.82, 2.24) is 4.98 Å². The number of hydrogen-bond donors (Lipinski definition) is 1. The van der Waals surface area contributed by atoms with Gasteiger partial charge in [-0.3, -0.25) is 10.1 Å². The number of aromatic nitrogens is 1. The lowest BCUT2D eigenvalue weighted by Crippen LogP contribution is -1.91. The first-order chi connectivity index (χ1) is 12.2. The van der Waals surface area contributed by atoms with Crippen LogP contribution in [0.4, 0.5) is 5.69 Å². The zero-order chi connectivity index (χ0) is 17.2. The molecule has 0 unspecified atom stereocenters. The van der Waals surface area contributed by atoms with Crippen LogP contribution in [0.25, 0.3) is 22.0 Å². The molecule has 25 heavy (non-hydrogen) atoms. The van der Waals surface area contributed by atoms with Crippen molar-refractivity contribution in [2.75, 3.05) is 0 Å². The van der Waals surface area contributed by atoms with E-state index in [4.69, 9.17) is 0 Å². The van der Waals surface area contributed by atoms with Gasteiger partial charge in [0.2, 0.25) is 0 Å². The molecule has 1 N–H and O–H groups in total. The zero-order valence-electron chi connectivity index (χ0n) is 13.5. The van der Waals surface area contributed by atoms with Crippen LogP contribution in [0, 0.1) is 10.1 Å². The van der Waals surface area contributed by atoms with E-state index in [0.29, 0.717) is 0 Å². The van der Waals surface area contributed by atoms with E-state index in [9.17, 15) is 10.1 Å². The molecule has 0 atom stereocenters. The SMILES string of the molecule is O=[N+]([O-])c1ccc2[nH]c(Cc3ccccc3)c(-c3ccccc3)c2c1. The molecule has 4 nitrogen and oxygen atoms in total. The summed E-state index contributed by atoms with van der Waals surface area (Å²) in [7, 11) is 0. The van der Waals surface area contributed by atoms with Crippen molar-refractivity contribution >= 4 is 16.6 Å². The van der Waals surface area contributed by atoms with Crippen molar-refractivity contribution in [3.8, 4) is 11.1 Å². The van der Waals surface area contributed by atoms with E-state index in [0.717, 1.165) is 34.1 Å². The molecule has 1 aromatic heterocycles. The minimum atomic E-state index is -0.349. The number of nitrogens with zero attached hydrogens (tertiary/aromatic N) is 1. The number of aromatic amines is 1. The Morgan fingerprint density at radius 3 is 2.24 bits per heavy atom. The van der Waals surface area contributed by atoms with E-state index in [1.54, 1.807) is 18.2 Å². The van der Waals surface area contributed by atoms with Crippen LogP contribution < -0.4 is 0 Å². The Labute approximate surface area is 144 Å². The van der Waals surface area contributed by atoms with Crippen molar-refractivity contribution in [2.24, 2.45) is 0 Å². The molecule has 0 aliphatic carbocycles. The lowest BCUT2D eigenvalue weighted by atomic mass is 9.98. The molecule has 0 amide bonds. The summed E-state index contributed by atoms with van der Waals surface area (Å²) in [5, 5.41) is 12.1. The minimum absolute atomic E-state index is 0.106. The van der Waals surface area contributed by atoms with Crippen LogP contribution in [-0.2, 0) is 6.42 Å². The largest absolute Gasteiger partial charge is 0.358 e. The zero-order valence-corrected chi connectivity index (χ0v) is 13.5. The first-order valence-electron chi connectivity index (χ1n) is 8.11. The maximum Gasteiger partial charge on any atom is 0.270 e. The van der Waals surface area contributed by atoms with Crippen molar-refractivity contribution in [2.45, 2.75) is 6.42 Å². The second kappa shape index (κ2) is 6.24. The van der Waals surface area contributed by atoms with Gasteiger partial charge in [0.05, 0.1) is 4.92 Å². The Morgan fingerprint density at radius 2 is 1.56 bits per heavy atom. The van der Waals surface area contributed by atoms with Gasteiger partial charge in [-0.1, -0.05) is 60.7 Å². The Balaban J connectivity index is 1.93. The molecule has 122 valence electrons. The molecule has 0 aliphatic rings. The van der Waals surface area contributed by atoms with Gasteiger partial charge in [-0.2, -0.15) is 0 Å². The van der Waals surface area contributed by atoms with Gasteiger partial charge in [0, 0.05) is 40.7 Å². The molecule has 0 spiro atoms. The van der Waals surface area contributed by atoms with Crippen LogP contribution in [-0.4, -0.2) is 9.91 Å². The van der Waals surface area contributed by atoms with Crippen LogP contribution >= 0.6 is 0 Å². The fraction of sp³-hybridized carbons (Fsp3) is 0.0476. The lowest BCUT2D eigenvalue weighted by Gasteiger charge is -2.06. The predicted molar refractivity (Wildman–Crippen MR) is 99.6 cm³/mol. The van der Waals surface area contributed by atoms with E-state index in [1.165, 1.54) is 5.56 Å². The summed E-state index contributed by atoms with van der Waals surface area (Å²) in [5.74, 6) is 0. The molecule has 0 saturated heterocycles. The standard InChI is InChI=1S/C21H16N2O2/c24-23(25)17-11-12-19-18(14-17)21(16-9-5-2-6-10-16)20(22-19)13-15-7-3-1-4-8-15/h1-12,14,22H,13H2. The topological polar surface area (TPSA) is 58.9 Å². The normalized spacial score (nSPS) is 10.9. The summed E-state index contributed by atoms with van der Waals surface area (Å²) < 4.78 is 0. The van der Waals surface area contributed by atoms with Crippen LogP contribution in [0.15, 0.2) is 78.9 Å². The minimum Gasteiger partial charge on any atom is -0.358 e. The number of H-pyrrole nitrogens is 1. The van der Waals surface area contributed by atoms with Crippen LogP contribution in [0.5, 0.6) is 0 Å². The molecular formula is C21H16N2O2. The molecule has 0 bridgehead atoms. The fourth-order valence-corrected chi connectivity index (χ4v) is 3.22. The van der Waals surface area contributed by atoms with E-state index in [1.807, 2.05) is 48.5 Å². The van der Waals surface area contributed by atoms with Gasteiger partial charge >= 0.3 is 0 Å². The molecule has 0 radical (unpaired) electrons. The van der Waals surface area contributed by atoms with Gasteiger partial charge < -0.3 is 4.98 Å². The van der Waals surface area contributed by atoms with E-state index < -0.39 is 0 Å². The number of nitrogens with one attached hydrogen (secondary N) is 1. The number of nitro benzene ring substituents is 1. The summed E-state index contributed by atoms with van der Waals surface area (Å²) in [6.07, 6.45) is 0.744. The highest BCUT2D eigenvalue weighted by atomic mass is 16.6. The first-order valence-corrected chi connectivity index (χ1v) is 8.11. The maximum absolute atomic E-state index is 11.2. The molecule has 0 saturated carbocycles. The summed E-state index contributed by atoms with van der Waals surface area (Å²) in [6, 6.07) is 25.2. The number of rotatable bonds is 4. The molecule has 0 aliphatic heterocycles. The Morgan fingerprint density at radius 1 is 0.880 bits per heavy atom. The summed E-state index contributed by atoms with van der Waals surface area (Å²) in [6.45, 7) is 0. The van der Waals surface area contributed by atoms with Gasteiger partial charge in [-0.05, 0) is 17.2 Å². The van der Waals surface area contributed by atoms with Gasteiger partial charge in [-0.25, -0.2) is 0 Å². The second-order valence-electron chi connectivity index (χ2n) is 5.99. The van der Waals surface area contributed by atoms with Crippen LogP contribution in [0.2, 0.25) is 0 Å².